The standard InChI is InChI=1S/C17H25NO2/c1-3-17(2)8-10-18(11-9-17)13-15-7-5-4-6-14(15)12-16(19)20/h4-7H,3,8-13H2,1-2H3,(H,19,20). The highest BCUT2D eigenvalue weighted by Crippen LogP contribution is 2.34. The van der Waals surface area contributed by atoms with Gasteiger partial charge in [-0.25, -0.2) is 0 Å². The van der Waals surface area contributed by atoms with Crippen LogP contribution in [0.25, 0.3) is 0 Å². The van der Waals surface area contributed by atoms with Crippen molar-refractivity contribution in [2.24, 2.45) is 5.41 Å². The fourth-order valence-electron chi connectivity index (χ4n) is 2.89. The van der Waals surface area contributed by atoms with Crippen LogP contribution >= 0.6 is 0 Å². The molecule has 20 heavy (non-hydrogen) atoms. The van der Waals surface area contributed by atoms with E-state index in [0.717, 1.165) is 30.8 Å². The van der Waals surface area contributed by atoms with Gasteiger partial charge in [0.05, 0.1) is 6.42 Å². The zero-order valence-electron chi connectivity index (χ0n) is 12.6. The van der Waals surface area contributed by atoms with Crippen molar-refractivity contribution in [1.82, 2.24) is 4.90 Å². The molecule has 1 aromatic rings. The third kappa shape index (κ3) is 3.83. The Morgan fingerprint density at radius 2 is 1.85 bits per heavy atom. The molecule has 0 saturated carbocycles. The summed E-state index contributed by atoms with van der Waals surface area (Å²) in [6.45, 7) is 7.77. The first kappa shape index (κ1) is 15.0. The van der Waals surface area contributed by atoms with E-state index in [2.05, 4.69) is 24.8 Å². The minimum Gasteiger partial charge on any atom is -0.481 e. The van der Waals surface area contributed by atoms with Gasteiger partial charge in [-0.2, -0.15) is 0 Å². The maximum atomic E-state index is 10.9. The Hall–Kier alpha value is -1.35. The Morgan fingerprint density at radius 3 is 2.40 bits per heavy atom. The molecular formula is C17H25NO2. The van der Waals surface area contributed by atoms with Crippen LogP contribution in [0.2, 0.25) is 0 Å². The molecule has 0 radical (unpaired) electrons. The average Bonchev–Trinajstić information content (AvgIpc) is 2.43. The van der Waals surface area contributed by atoms with Gasteiger partial charge < -0.3 is 5.11 Å². The predicted octanol–water partition coefficient (Wildman–Crippen LogP) is 3.33. The topological polar surface area (TPSA) is 40.5 Å². The zero-order chi connectivity index (χ0) is 14.6. The van der Waals surface area contributed by atoms with E-state index in [9.17, 15) is 4.79 Å². The first-order chi connectivity index (χ1) is 9.52. The Labute approximate surface area is 121 Å². The van der Waals surface area contributed by atoms with Crippen molar-refractivity contribution < 1.29 is 9.90 Å². The number of rotatable bonds is 5. The van der Waals surface area contributed by atoms with Crippen molar-refractivity contribution in [3.8, 4) is 0 Å². The first-order valence-electron chi connectivity index (χ1n) is 7.53. The van der Waals surface area contributed by atoms with Gasteiger partial charge in [-0.1, -0.05) is 44.5 Å². The van der Waals surface area contributed by atoms with Crippen LogP contribution in [-0.4, -0.2) is 29.1 Å². The Kier molecular flexibility index (Phi) is 4.81. The summed E-state index contributed by atoms with van der Waals surface area (Å²) in [7, 11) is 0. The monoisotopic (exact) mass is 275 g/mol. The largest absolute Gasteiger partial charge is 0.481 e. The smallest absolute Gasteiger partial charge is 0.307 e. The van der Waals surface area contributed by atoms with Crippen LogP contribution in [0.3, 0.4) is 0 Å². The third-order valence-electron chi connectivity index (χ3n) is 4.77. The third-order valence-corrected chi connectivity index (χ3v) is 4.77. The van der Waals surface area contributed by atoms with E-state index >= 15 is 0 Å². The lowest BCUT2D eigenvalue weighted by molar-refractivity contribution is -0.136. The SMILES string of the molecule is CCC1(C)CCN(Cc2ccccc2CC(=O)O)CC1. The van der Waals surface area contributed by atoms with Gasteiger partial charge >= 0.3 is 5.97 Å². The molecule has 0 bridgehead atoms. The maximum Gasteiger partial charge on any atom is 0.307 e. The zero-order valence-corrected chi connectivity index (χ0v) is 12.6. The summed E-state index contributed by atoms with van der Waals surface area (Å²) in [4.78, 5) is 13.4. The molecule has 2 rings (SSSR count). The number of nitrogens with zero attached hydrogens (tertiary/aromatic N) is 1. The Balaban J connectivity index is 1.99. The van der Waals surface area contributed by atoms with Crippen LogP contribution in [0.4, 0.5) is 0 Å². The van der Waals surface area contributed by atoms with Gasteiger partial charge in [0.15, 0.2) is 0 Å². The molecule has 0 aliphatic carbocycles. The number of benzene rings is 1. The van der Waals surface area contributed by atoms with Gasteiger partial charge in [0.1, 0.15) is 0 Å². The number of piperidine rings is 1. The fourth-order valence-corrected chi connectivity index (χ4v) is 2.89. The number of hydrogen-bond donors (Lipinski definition) is 1. The second-order valence-electron chi connectivity index (χ2n) is 6.28. The maximum absolute atomic E-state index is 10.9. The lowest BCUT2D eigenvalue weighted by Gasteiger charge is -2.39. The van der Waals surface area contributed by atoms with Crippen molar-refractivity contribution in [3.63, 3.8) is 0 Å². The second-order valence-corrected chi connectivity index (χ2v) is 6.28. The summed E-state index contributed by atoms with van der Waals surface area (Å²) in [5, 5.41) is 8.98. The van der Waals surface area contributed by atoms with E-state index in [1.54, 1.807) is 0 Å². The van der Waals surface area contributed by atoms with Crippen LogP contribution in [0.1, 0.15) is 44.2 Å². The Bertz CT molecular complexity index is 462. The van der Waals surface area contributed by atoms with Gasteiger partial charge in [-0.3, -0.25) is 9.69 Å². The van der Waals surface area contributed by atoms with Crippen LogP contribution in [0.5, 0.6) is 0 Å². The number of carboxylic acid groups (broad SMARTS) is 1. The number of aliphatic carboxylic acids is 1. The number of carboxylic acids is 1. The minimum absolute atomic E-state index is 0.122. The van der Waals surface area contributed by atoms with Gasteiger partial charge in [0, 0.05) is 6.54 Å². The van der Waals surface area contributed by atoms with Gasteiger partial charge in [-0.05, 0) is 42.5 Å². The van der Waals surface area contributed by atoms with Crippen LogP contribution in [0.15, 0.2) is 24.3 Å². The molecule has 1 aromatic carbocycles. The van der Waals surface area contributed by atoms with Crippen LogP contribution in [-0.2, 0) is 17.8 Å². The molecule has 1 N–H and O–H groups in total. The van der Waals surface area contributed by atoms with Crippen molar-refractivity contribution in [2.45, 2.75) is 46.1 Å². The molecule has 0 unspecified atom stereocenters. The number of hydrogen-bond acceptors (Lipinski definition) is 2. The van der Waals surface area contributed by atoms with E-state index in [1.165, 1.54) is 19.3 Å². The highest BCUT2D eigenvalue weighted by atomic mass is 16.4. The van der Waals surface area contributed by atoms with Gasteiger partial charge in [0.2, 0.25) is 0 Å². The van der Waals surface area contributed by atoms with Crippen molar-refractivity contribution in [1.29, 1.82) is 0 Å². The molecule has 0 atom stereocenters. The lowest BCUT2D eigenvalue weighted by Crippen LogP contribution is -2.38. The normalized spacial score (nSPS) is 18.9. The fraction of sp³-hybridized carbons (Fsp3) is 0.588. The molecule has 1 aliphatic heterocycles. The highest BCUT2D eigenvalue weighted by Gasteiger charge is 2.28. The number of carbonyl (C=O) groups is 1. The number of likely N-dealkylation sites (tertiary alicyclic amines) is 1. The molecule has 1 saturated heterocycles. The Morgan fingerprint density at radius 1 is 1.25 bits per heavy atom. The molecule has 3 nitrogen and oxygen atoms in total. The van der Waals surface area contributed by atoms with Crippen molar-refractivity contribution in [2.75, 3.05) is 13.1 Å². The molecule has 3 heteroatoms. The molecule has 1 heterocycles. The highest BCUT2D eigenvalue weighted by molar-refractivity contribution is 5.70. The van der Waals surface area contributed by atoms with Crippen molar-refractivity contribution >= 4 is 5.97 Å². The predicted molar refractivity (Wildman–Crippen MR) is 80.7 cm³/mol. The van der Waals surface area contributed by atoms with E-state index in [-0.39, 0.29) is 6.42 Å². The van der Waals surface area contributed by atoms with E-state index < -0.39 is 5.97 Å². The molecular weight excluding hydrogens is 250 g/mol. The van der Waals surface area contributed by atoms with E-state index in [0.29, 0.717) is 5.41 Å². The van der Waals surface area contributed by atoms with Gasteiger partial charge in [-0.15, -0.1) is 0 Å². The summed E-state index contributed by atoms with van der Waals surface area (Å²) < 4.78 is 0. The van der Waals surface area contributed by atoms with E-state index in [4.69, 9.17) is 5.11 Å². The van der Waals surface area contributed by atoms with Crippen LogP contribution in [0, 0.1) is 5.41 Å². The molecule has 0 spiro atoms. The molecule has 0 aromatic heterocycles. The quantitative estimate of drug-likeness (QED) is 0.896. The summed E-state index contributed by atoms with van der Waals surface area (Å²) in [6, 6.07) is 7.92. The lowest BCUT2D eigenvalue weighted by atomic mass is 9.78. The first-order valence-corrected chi connectivity index (χ1v) is 7.53. The summed E-state index contributed by atoms with van der Waals surface area (Å²) in [5.41, 5.74) is 2.61. The average molecular weight is 275 g/mol. The molecule has 1 fully saturated rings. The summed E-state index contributed by atoms with van der Waals surface area (Å²) in [6.07, 6.45) is 3.85. The van der Waals surface area contributed by atoms with Crippen molar-refractivity contribution in [3.05, 3.63) is 35.4 Å². The summed E-state index contributed by atoms with van der Waals surface area (Å²) in [5.74, 6) is -0.755. The second kappa shape index (κ2) is 6.40. The molecule has 110 valence electrons. The molecule has 1 aliphatic rings. The van der Waals surface area contributed by atoms with Gasteiger partial charge in [0.25, 0.3) is 0 Å². The summed E-state index contributed by atoms with van der Waals surface area (Å²) >= 11 is 0. The minimum atomic E-state index is -0.755. The van der Waals surface area contributed by atoms with Crippen LogP contribution < -0.4 is 0 Å². The molecule has 0 amide bonds. The van der Waals surface area contributed by atoms with E-state index in [1.807, 2.05) is 18.2 Å².